The highest BCUT2D eigenvalue weighted by atomic mass is 16.5. The number of aromatic nitrogens is 2. The average molecular weight is 690 g/mol. The number of methoxy groups -OCH3 is 1. The molecule has 1 N–H and O–H groups in total. The molecule has 2 atom stereocenters. The molecule has 0 bridgehead atoms. The lowest BCUT2D eigenvalue weighted by Gasteiger charge is -2.18. The zero-order valence-corrected chi connectivity index (χ0v) is 31.8. The molecule has 1 amide bonds. The Balaban J connectivity index is 0.000000236. The number of Topliss-reactive ketones (excluding diaryl/α,β-unsaturated/α-hetero) is 1. The van der Waals surface area contributed by atoms with Crippen LogP contribution in [-0.2, 0) is 19.5 Å². The molecule has 6 rings (SSSR count). The molecule has 2 aromatic carbocycles. The second kappa shape index (κ2) is 17.2. The number of ether oxygens (including phenoxy) is 1. The van der Waals surface area contributed by atoms with Crippen molar-refractivity contribution in [2.24, 2.45) is 11.8 Å². The van der Waals surface area contributed by atoms with Crippen LogP contribution in [0.5, 0.6) is 5.75 Å². The Kier molecular flexibility index (Phi) is 12.8. The molecular formula is C43H55N5O3. The summed E-state index contributed by atoms with van der Waals surface area (Å²) in [7, 11) is 1.64. The summed E-state index contributed by atoms with van der Waals surface area (Å²) in [6, 6.07) is 16.0. The lowest BCUT2D eigenvalue weighted by atomic mass is 9.93. The quantitative estimate of drug-likeness (QED) is 0.167. The molecule has 8 nitrogen and oxygen atoms in total. The van der Waals surface area contributed by atoms with Crippen molar-refractivity contribution in [1.29, 1.82) is 0 Å². The van der Waals surface area contributed by atoms with Crippen LogP contribution in [-0.4, -0.2) is 64.7 Å². The van der Waals surface area contributed by atoms with Gasteiger partial charge in [-0.3, -0.25) is 29.4 Å². The van der Waals surface area contributed by atoms with E-state index < -0.39 is 0 Å². The minimum Gasteiger partial charge on any atom is -0.496 e. The zero-order valence-electron chi connectivity index (χ0n) is 31.8. The highest BCUT2D eigenvalue weighted by Crippen LogP contribution is 2.32. The third-order valence-corrected chi connectivity index (χ3v) is 10.5. The fraction of sp³-hybridized carbons (Fsp3) is 0.442. The lowest BCUT2D eigenvalue weighted by molar-refractivity contribution is 0.100. The molecule has 51 heavy (non-hydrogen) atoms. The van der Waals surface area contributed by atoms with Crippen LogP contribution in [0.15, 0.2) is 60.9 Å². The number of benzene rings is 2. The lowest BCUT2D eigenvalue weighted by Crippen LogP contribution is -2.21. The molecule has 270 valence electrons. The van der Waals surface area contributed by atoms with Crippen LogP contribution in [0.2, 0.25) is 0 Å². The minimum atomic E-state index is -0.240. The molecule has 0 saturated carbocycles. The van der Waals surface area contributed by atoms with Gasteiger partial charge in [-0.2, -0.15) is 0 Å². The zero-order chi connectivity index (χ0) is 36.7. The van der Waals surface area contributed by atoms with Gasteiger partial charge in [0.15, 0.2) is 5.78 Å². The Morgan fingerprint density at radius 1 is 0.804 bits per heavy atom. The third-order valence-electron chi connectivity index (χ3n) is 10.5. The van der Waals surface area contributed by atoms with E-state index in [4.69, 9.17) is 4.74 Å². The van der Waals surface area contributed by atoms with E-state index in [0.717, 1.165) is 66.8 Å². The van der Waals surface area contributed by atoms with Crippen molar-refractivity contribution >= 4 is 17.4 Å². The number of nitrogens with one attached hydrogen (secondary N) is 1. The van der Waals surface area contributed by atoms with Crippen molar-refractivity contribution in [3.63, 3.8) is 0 Å². The number of carbonyl (C=O) groups excluding carboxylic acids is 2. The topological polar surface area (TPSA) is 87.7 Å². The molecule has 2 saturated heterocycles. The number of hydrogen-bond acceptors (Lipinski definition) is 7. The first-order valence-electron chi connectivity index (χ1n) is 18.4. The normalized spacial score (nSPS) is 17.6. The number of rotatable bonds is 10. The van der Waals surface area contributed by atoms with Crippen LogP contribution in [0.1, 0.15) is 94.9 Å². The number of nitrogens with zero attached hydrogens (tertiary/aromatic N) is 4. The first-order chi connectivity index (χ1) is 24.5. The van der Waals surface area contributed by atoms with Crippen molar-refractivity contribution in [3.05, 3.63) is 106 Å². The largest absolute Gasteiger partial charge is 0.496 e. The summed E-state index contributed by atoms with van der Waals surface area (Å²) in [6.45, 7) is 20.9. The van der Waals surface area contributed by atoms with Gasteiger partial charge in [-0.1, -0.05) is 51.1 Å². The number of carbonyl (C=O) groups is 2. The number of ketones is 1. The summed E-state index contributed by atoms with van der Waals surface area (Å²) < 4.78 is 5.60. The predicted octanol–water partition coefficient (Wildman–Crippen LogP) is 8.46. The van der Waals surface area contributed by atoms with Crippen LogP contribution in [0.3, 0.4) is 0 Å². The van der Waals surface area contributed by atoms with E-state index in [0.29, 0.717) is 17.1 Å². The maximum absolute atomic E-state index is 13.1. The molecule has 2 aliphatic heterocycles. The molecule has 8 heteroatoms. The Morgan fingerprint density at radius 2 is 1.39 bits per heavy atom. The first kappa shape index (κ1) is 37.8. The van der Waals surface area contributed by atoms with Gasteiger partial charge in [-0.05, 0) is 116 Å². The second-order valence-corrected chi connectivity index (χ2v) is 14.6. The maximum Gasteiger partial charge on any atom is 0.274 e. The molecule has 2 unspecified atom stereocenters. The van der Waals surface area contributed by atoms with E-state index in [1.54, 1.807) is 26.3 Å². The number of amides is 1. The van der Waals surface area contributed by atoms with Crippen LogP contribution in [0.4, 0.5) is 5.69 Å². The van der Waals surface area contributed by atoms with Crippen molar-refractivity contribution < 1.29 is 14.3 Å². The van der Waals surface area contributed by atoms with E-state index in [9.17, 15) is 9.59 Å². The molecule has 4 heterocycles. The predicted molar refractivity (Wildman–Crippen MR) is 207 cm³/mol. The summed E-state index contributed by atoms with van der Waals surface area (Å²) in [5, 5.41) is 3.05. The molecule has 4 aromatic rings. The monoisotopic (exact) mass is 689 g/mol. The van der Waals surface area contributed by atoms with Crippen molar-refractivity contribution in [3.8, 4) is 16.9 Å². The highest BCUT2D eigenvalue weighted by Gasteiger charge is 2.22. The Labute approximate surface area is 304 Å². The number of anilines is 1. The summed E-state index contributed by atoms with van der Waals surface area (Å²) in [6.07, 6.45) is 7.13. The van der Waals surface area contributed by atoms with Gasteiger partial charge in [0, 0.05) is 62.8 Å². The molecule has 0 spiro atoms. The molecule has 2 aromatic heterocycles. The second-order valence-electron chi connectivity index (χ2n) is 14.6. The molecule has 2 aliphatic rings. The molecular weight excluding hydrogens is 635 g/mol. The number of aryl methyl sites for hydroxylation is 2. The Hall–Kier alpha value is -4.40. The van der Waals surface area contributed by atoms with Crippen molar-refractivity contribution in [1.82, 2.24) is 19.8 Å². The first-order valence-corrected chi connectivity index (χ1v) is 18.4. The number of hydrogen-bond donors (Lipinski definition) is 1. The fourth-order valence-electron chi connectivity index (χ4n) is 7.20. The number of pyridine rings is 2. The van der Waals surface area contributed by atoms with Gasteiger partial charge in [0.2, 0.25) is 0 Å². The summed E-state index contributed by atoms with van der Waals surface area (Å²) >= 11 is 0. The van der Waals surface area contributed by atoms with Gasteiger partial charge in [-0.25, -0.2) is 0 Å². The van der Waals surface area contributed by atoms with E-state index in [1.165, 1.54) is 53.7 Å². The Morgan fingerprint density at radius 3 is 1.98 bits per heavy atom. The van der Waals surface area contributed by atoms with Gasteiger partial charge in [0.1, 0.15) is 17.1 Å². The van der Waals surface area contributed by atoms with Crippen LogP contribution < -0.4 is 10.1 Å². The van der Waals surface area contributed by atoms with Gasteiger partial charge < -0.3 is 10.1 Å². The Bertz CT molecular complexity index is 1850. The van der Waals surface area contributed by atoms with E-state index in [-0.39, 0.29) is 11.7 Å². The number of likely N-dealkylation sites (tertiary alicyclic amines) is 2. The maximum atomic E-state index is 13.1. The van der Waals surface area contributed by atoms with Crippen LogP contribution in [0.25, 0.3) is 11.1 Å². The SMILES string of the molecule is CCc1cc(C(C)=O)ncc1CN1CCC(C)C1.COc1cc(C(=O)Nc2cccc(-c3cccc(C)c3C)c2C)ncc1CN1CCC(C)C1. The smallest absolute Gasteiger partial charge is 0.274 e. The summed E-state index contributed by atoms with van der Waals surface area (Å²) in [5.74, 6) is 2.04. The van der Waals surface area contributed by atoms with Gasteiger partial charge in [0.25, 0.3) is 5.91 Å². The van der Waals surface area contributed by atoms with Gasteiger partial charge in [-0.15, -0.1) is 0 Å². The van der Waals surface area contributed by atoms with Crippen molar-refractivity contribution in [2.75, 3.05) is 38.6 Å². The van der Waals surface area contributed by atoms with Crippen molar-refractivity contribution in [2.45, 2.75) is 80.8 Å². The molecule has 2 fully saturated rings. The average Bonchev–Trinajstić information content (AvgIpc) is 3.73. The minimum absolute atomic E-state index is 0.0473. The van der Waals surface area contributed by atoms with Gasteiger partial charge in [0.05, 0.1) is 7.11 Å². The summed E-state index contributed by atoms with van der Waals surface area (Å²) in [5.41, 5.74) is 11.1. The molecule has 0 aliphatic carbocycles. The fourth-order valence-corrected chi connectivity index (χ4v) is 7.20. The van der Waals surface area contributed by atoms with Crippen LogP contribution >= 0.6 is 0 Å². The standard InChI is InChI=1S/C28H33N3O2.C15H22N2O/c1-18-12-13-31(16-18)17-22-15-29-26(14-27(22)33-5)28(32)30-25-11-7-10-24(21(25)4)23-9-6-8-19(2)20(23)3;1-4-13-7-15(12(3)18)16-8-14(13)10-17-6-5-11(2)9-17/h6-11,14-15,18H,12-13,16-17H2,1-5H3,(H,30,32);7-8,11H,4-6,9-10H2,1-3H3. The third kappa shape index (κ3) is 9.48. The summed E-state index contributed by atoms with van der Waals surface area (Å²) in [4.78, 5) is 38.0. The molecule has 0 radical (unpaired) electrons. The van der Waals surface area contributed by atoms with Crippen LogP contribution in [0, 0.1) is 32.6 Å². The van der Waals surface area contributed by atoms with E-state index in [2.05, 4.69) is 84.0 Å². The van der Waals surface area contributed by atoms with E-state index >= 15 is 0 Å². The van der Waals surface area contributed by atoms with Gasteiger partial charge >= 0.3 is 0 Å². The highest BCUT2D eigenvalue weighted by molar-refractivity contribution is 6.04. The van der Waals surface area contributed by atoms with E-state index in [1.807, 2.05) is 31.3 Å².